The van der Waals surface area contributed by atoms with E-state index >= 15 is 0 Å². The normalized spacial score (nSPS) is 12.3. The second-order valence-corrected chi connectivity index (χ2v) is 3.52. The summed E-state index contributed by atoms with van der Waals surface area (Å²) in [6.07, 6.45) is -9.37. The van der Waals surface area contributed by atoms with E-state index in [-0.39, 0.29) is 0 Å². The van der Waals surface area contributed by atoms with Gasteiger partial charge in [0.1, 0.15) is 11.6 Å². The summed E-state index contributed by atoms with van der Waals surface area (Å²) in [5.41, 5.74) is 3.03. The van der Waals surface area contributed by atoms with Gasteiger partial charge in [-0.05, 0) is 18.2 Å². The van der Waals surface area contributed by atoms with Crippen LogP contribution in [-0.4, -0.2) is 18.6 Å². The standard InChI is InChI=1S/C10H8F6N2O/c11-9(12,13)4-19-5-1-2-7(10(14,15)16)6(3-5)8(17)18/h1-3H,4H2,(H3,17,18). The predicted molar refractivity (Wildman–Crippen MR) is 54.0 cm³/mol. The zero-order chi connectivity index (χ0) is 14.8. The molecular formula is C10H8F6N2O. The number of amidine groups is 1. The van der Waals surface area contributed by atoms with E-state index in [4.69, 9.17) is 11.1 Å². The fourth-order valence-corrected chi connectivity index (χ4v) is 1.25. The van der Waals surface area contributed by atoms with Crippen molar-refractivity contribution < 1.29 is 31.1 Å². The molecule has 0 saturated carbocycles. The Kier molecular flexibility index (Phi) is 3.97. The third-order valence-corrected chi connectivity index (χ3v) is 1.99. The van der Waals surface area contributed by atoms with Crippen LogP contribution >= 0.6 is 0 Å². The third-order valence-electron chi connectivity index (χ3n) is 1.99. The zero-order valence-electron chi connectivity index (χ0n) is 9.19. The molecule has 0 spiro atoms. The minimum absolute atomic E-state index is 0.449. The first kappa shape index (κ1) is 15.1. The van der Waals surface area contributed by atoms with Crippen molar-refractivity contribution in [2.45, 2.75) is 12.4 Å². The van der Waals surface area contributed by atoms with Crippen LogP contribution in [0.5, 0.6) is 5.75 Å². The molecule has 0 atom stereocenters. The number of nitrogens with one attached hydrogen (secondary N) is 1. The van der Waals surface area contributed by atoms with E-state index in [0.29, 0.717) is 12.1 Å². The Bertz CT molecular complexity index is 480. The van der Waals surface area contributed by atoms with Gasteiger partial charge in [0.2, 0.25) is 0 Å². The van der Waals surface area contributed by atoms with Crippen LogP contribution < -0.4 is 10.5 Å². The van der Waals surface area contributed by atoms with Crippen LogP contribution in [0.2, 0.25) is 0 Å². The van der Waals surface area contributed by atoms with E-state index in [1.807, 2.05) is 0 Å². The second kappa shape index (κ2) is 4.98. The van der Waals surface area contributed by atoms with Crippen molar-refractivity contribution in [2.24, 2.45) is 5.73 Å². The van der Waals surface area contributed by atoms with Crippen LogP contribution in [0.4, 0.5) is 26.3 Å². The summed E-state index contributed by atoms with van der Waals surface area (Å²) in [5.74, 6) is -1.36. The molecule has 1 rings (SSSR count). The molecule has 0 aliphatic rings. The summed E-state index contributed by atoms with van der Waals surface area (Å²) >= 11 is 0. The summed E-state index contributed by atoms with van der Waals surface area (Å²) in [7, 11) is 0. The smallest absolute Gasteiger partial charge is 0.422 e. The molecule has 0 fully saturated rings. The van der Waals surface area contributed by atoms with Crippen molar-refractivity contribution in [3.63, 3.8) is 0 Å². The first-order chi connectivity index (χ1) is 8.50. The molecule has 0 amide bonds. The predicted octanol–water partition coefficient (Wildman–Crippen LogP) is 2.93. The minimum atomic E-state index is -4.76. The number of ether oxygens (including phenoxy) is 1. The Morgan fingerprint density at radius 3 is 2.16 bits per heavy atom. The molecule has 106 valence electrons. The first-order valence-corrected chi connectivity index (χ1v) is 4.76. The highest BCUT2D eigenvalue weighted by Crippen LogP contribution is 2.33. The lowest BCUT2D eigenvalue weighted by atomic mass is 10.1. The zero-order valence-corrected chi connectivity index (χ0v) is 9.19. The Morgan fingerprint density at radius 2 is 1.74 bits per heavy atom. The molecule has 0 aliphatic heterocycles. The fourth-order valence-electron chi connectivity index (χ4n) is 1.25. The van der Waals surface area contributed by atoms with E-state index < -0.39 is 41.7 Å². The van der Waals surface area contributed by atoms with Crippen LogP contribution in [0.25, 0.3) is 0 Å². The molecule has 9 heteroatoms. The van der Waals surface area contributed by atoms with Crippen LogP contribution in [0.3, 0.4) is 0 Å². The lowest BCUT2D eigenvalue weighted by Gasteiger charge is -2.14. The molecule has 0 unspecified atom stereocenters. The average molecular weight is 286 g/mol. The first-order valence-electron chi connectivity index (χ1n) is 4.76. The quantitative estimate of drug-likeness (QED) is 0.510. The molecule has 0 saturated heterocycles. The average Bonchev–Trinajstić information content (AvgIpc) is 2.23. The number of hydrogen-bond donors (Lipinski definition) is 2. The molecular weight excluding hydrogens is 278 g/mol. The maximum atomic E-state index is 12.5. The van der Waals surface area contributed by atoms with Gasteiger partial charge in [-0.3, -0.25) is 5.41 Å². The van der Waals surface area contributed by atoms with Gasteiger partial charge in [-0.2, -0.15) is 26.3 Å². The van der Waals surface area contributed by atoms with Crippen LogP contribution in [-0.2, 0) is 6.18 Å². The highest BCUT2D eigenvalue weighted by molar-refractivity contribution is 5.97. The van der Waals surface area contributed by atoms with Crippen molar-refractivity contribution in [1.82, 2.24) is 0 Å². The van der Waals surface area contributed by atoms with Gasteiger partial charge in [0, 0.05) is 5.56 Å². The summed E-state index contributed by atoms with van der Waals surface area (Å²) in [5, 5.41) is 7.01. The highest BCUT2D eigenvalue weighted by Gasteiger charge is 2.34. The molecule has 1 aromatic rings. The SMILES string of the molecule is N=C(N)c1cc(OCC(F)(F)F)ccc1C(F)(F)F. The van der Waals surface area contributed by atoms with Crippen LogP contribution in [0, 0.1) is 5.41 Å². The number of hydrogen-bond acceptors (Lipinski definition) is 2. The number of halogens is 6. The monoisotopic (exact) mass is 286 g/mol. The molecule has 0 aromatic heterocycles. The van der Waals surface area contributed by atoms with Gasteiger partial charge in [0.25, 0.3) is 0 Å². The van der Waals surface area contributed by atoms with Crippen molar-refractivity contribution in [1.29, 1.82) is 5.41 Å². The number of rotatable bonds is 3. The molecule has 1 aromatic carbocycles. The van der Waals surface area contributed by atoms with Gasteiger partial charge >= 0.3 is 12.4 Å². The largest absolute Gasteiger partial charge is 0.484 e. The molecule has 0 heterocycles. The van der Waals surface area contributed by atoms with Gasteiger partial charge in [-0.15, -0.1) is 0 Å². The van der Waals surface area contributed by atoms with Gasteiger partial charge in [0.05, 0.1) is 5.56 Å². The molecule has 19 heavy (non-hydrogen) atoms. The van der Waals surface area contributed by atoms with Gasteiger partial charge in [0.15, 0.2) is 6.61 Å². The fraction of sp³-hybridized carbons (Fsp3) is 0.300. The van der Waals surface area contributed by atoms with Crippen molar-refractivity contribution >= 4 is 5.84 Å². The van der Waals surface area contributed by atoms with E-state index in [9.17, 15) is 26.3 Å². The van der Waals surface area contributed by atoms with Gasteiger partial charge < -0.3 is 10.5 Å². The van der Waals surface area contributed by atoms with Crippen molar-refractivity contribution in [3.8, 4) is 5.75 Å². The van der Waals surface area contributed by atoms with Gasteiger partial charge in [-0.1, -0.05) is 0 Å². The van der Waals surface area contributed by atoms with Crippen LogP contribution in [0.15, 0.2) is 18.2 Å². The summed E-state index contributed by atoms with van der Waals surface area (Å²) in [6.45, 7) is -1.64. The van der Waals surface area contributed by atoms with E-state index in [0.717, 1.165) is 6.07 Å². The minimum Gasteiger partial charge on any atom is -0.484 e. The second-order valence-electron chi connectivity index (χ2n) is 3.52. The third kappa shape index (κ3) is 4.34. The number of alkyl halides is 6. The number of benzene rings is 1. The maximum Gasteiger partial charge on any atom is 0.422 e. The summed E-state index contributed by atoms with van der Waals surface area (Å²) in [4.78, 5) is 0. The Labute approximate surface area is 103 Å². The number of nitrogen functional groups attached to an aromatic ring is 1. The van der Waals surface area contributed by atoms with E-state index in [2.05, 4.69) is 4.74 Å². The highest BCUT2D eigenvalue weighted by atomic mass is 19.4. The topological polar surface area (TPSA) is 59.1 Å². The summed E-state index contributed by atoms with van der Waals surface area (Å²) < 4.78 is 77.6. The van der Waals surface area contributed by atoms with Crippen molar-refractivity contribution in [2.75, 3.05) is 6.61 Å². The molecule has 0 bridgehead atoms. The van der Waals surface area contributed by atoms with Crippen LogP contribution in [0.1, 0.15) is 11.1 Å². The van der Waals surface area contributed by atoms with E-state index in [1.165, 1.54) is 0 Å². The molecule has 3 nitrogen and oxygen atoms in total. The Hall–Kier alpha value is -1.93. The van der Waals surface area contributed by atoms with E-state index in [1.54, 1.807) is 0 Å². The molecule has 3 N–H and O–H groups in total. The van der Waals surface area contributed by atoms with Gasteiger partial charge in [-0.25, -0.2) is 0 Å². The lowest BCUT2D eigenvalue weighted by Crippen LogP contribution is -2.21. The summed E-state index contributed by atoms with van der Waals surface area (Å²) in [6, 6.07) is 1.90. The van der Waals surface area contributed by atoms with Crippen molar-refractivity contribution in [3.05, 3.63) is 29.3 Å². The molecule has 0 radical (unpaired) electrons. The Balaban J connectivity index is 3.07. The molecule has 0 aliphatic carbocycles. The Morgan fingerprint density at radius 1 is 1.16 bits per heavy atom. The maximum absolute atomic E-state index is 12.5. The lowest BCUT2D eigenvalue weighted by molar-refractivity contribution is -0.153. The number of nitrogens with two attached hydrogens (primary N) is 1.